The number of ether oxygens (including phenoxy) is 1. The van der Waals surface area contributed by atoms with Crippen LogP contribution in [0.5, 0.6) is 5.75 Å². The molecule has 0 amide bonds. The molecule has 4 N–H and O–H groups in total. The van der Waals surface area contributed by atoms with E-state index in [-0.39, 0.29) is 28.9 Å². The van der Waals surface area contributed by atoms with Crippen molar-refractivity contribution < 1.29 is 9.57 Å². The molecule has 1 aromatic carbocycles. The molecule has 0 bridgehead atoms. The van der Waals surface area contributed by atoms with Gasteiger partial charge in [-0.15, -0.1) is 17.0 Å². The van der Waals surface area contributed by atoms with Gasteiger partial charge in [0.2, 0.25) is 11.9 Å². The predicted molar refractivity (Wildman–Crippen MR) is 97.0 cm³/mol. The molecule has 0 unspecified atom stereocenters. The lowest BCUT2D eigenvalue weighted by Crippen LogP contribution is -2.53. The molecule has 0 fully saturated rings. The SMILES string of the molecule is Br.CC1(C)N=C(N)N=C(N)N1OCCCOc1ccc(Cl)cc1. The van der Waals surface area contributed by atoms with Crippen LogP contribution in [0.2, 0.25) is 5.02 Å². The van der Waals surface area contributed by atoms with E-state index in [2.05, 4.69) is 9.98 Å². The van der Waals surface area contributed by atoms with Crippen molar-refractivity contribution in [1.82, 2.24) is 5.06 Å². The molecule has 0 saturated carbocycles. The average Bonchev–Trinajstić information content (AvgIpc) is 2.42. The normalized spacial score (nSPS) is 16.2. The Kier molecular flexibility index (Phi) is 7.11. The lowest BCUT2D eigenvalue weighted by molar-refractivity contribution is -0.158. The number of rotatable bonds is 6. The van der Waals surface area contributed by atoms with Crippen LogP contribution in [0.3, 0.4) is 0 Å². The van der Waals surface area contributed by atoms with E-state index < -0.39 is 5.66 Å². The van der Waals surface area contributed by atoms with Crippen molar-refractivity contribution in [2.75, 3.05) is 13.2 Å². The Bertz CT molecular complexity index is 577. The zero-order valence-electron chi connectivity index (χ0n) is 13.0. The summed E-state index contributed by atoms with van der Waals surface area (Å²) in [6.07, 6.45) is 0.682. The molecule has 0 radical (unpaired) electrons. The monoisotopic (exact) mass is 405 g/mol. The molecule has 0 aromatic heterocycles. The molecule has 128 valence electrons. The van der Waals surface area contributed by atoms with Crippen molar-refractivity contribution in [3.63, 3.8) is 0 Å². The summed E-state index contributed by atoms with van der Waals surface area (Å²) in [7, 11) is 0. The molecule has 1 aliphatic rings. The fourth-order valence-electron chi connectivity index (χ4n) is 1.95. The molecule has 0 saturated heterocycles. The molecular formula is C14H21BrClN5O2. The highest BCUT2D eigenvalue weighted by atomic mass is 79.9. The topological polar surface area (TPSA) is 98.5 Å². The quantitative estimate of drug-likeness (QED) is 0.706. The molecule has 0 aliphatic carbocycles. The highest BCUT2D eigenvalue weighted by Gasteiger charge is 2.32. The fourth-order valence-corrected chi connectivity index (χ4v) is 2.08. The van der Waals surface area contributed by atoms with Gasteiger partial charge in [-0.1, -0.05) is 11.6 Å². The van der Waals surface area contributed by atoms with Gasteiger partial charge in [0.05, 0.1) is 13.2 Å². The van der Waals surface area contributed by atoms with Gasteiger partial charge in [-0.25, -0.2) is 4.99 Å². The van der Waals surface area contributed by atoms with Crippen molar-refractivity contribution >= 4 is 40.5 Å². The fraction of sp³-hybridized carbons (Fsp3) is 0.429. The maximum atomic E-state index is 5.81. The Labute approximate surface area is 151 Å². The van der Waals surface area contributed by atoms with E-state index in [1.165, 1.54) is 5.06 Å². The summed E-state index contributed by atoms with van der Waals surface area (Å²) in [5.74, 6) is 1.10. The Morgan fingerprint density at radius 1 is 1.17 bits per heavy atom. The van der Waals surface area contributed by atoms with E-state index in [9.17, 15) is 0 Å². The van der Waals surface area contributed by atoms with E-state index in [1.54, 1.807) is 12.1 Å². The summed E-state index contributed by atoms with van der Waals surface area (Å²) in [5.41, 5.74) is 10.7. The Morgan fingerprint density at radius 3 is 2.43 bits per heavy atom. The summed E-state index contributed by atoms with van der Waals surface area (Å²) < 4.78 is 5.58. The standard InChI is InChI=1S/C14H20ClN5O2.BrH/c1-14(2)19-12(16)18-13(17)20(14)22-9-3-8-21-11-6-4-10(15)5-7-11;/h4-7H,3,8-9H2,1-2H3,(H4,16,17,18,19);1H. The minimum absolute atomic E-state index is 0. The third-order valence-corrected chi connectivity index (χ3v) is 3.17. The van der Waals surface area contributed by atoms with Gasteiger partial charge in [-0.3, -0.25) is 4.84 Å². The number of benzene rings is 1. The Balaban J connectivity index is 0.00000264. The van der Waals surface area contributed by atoms with Gasteiger partial charge in [-0.2, -0.15) is 10.1 Å². The van der Waals surface area contributed by atoms with Gasteiger partial charge in [-0.05, 0) is 38.1 Å². The summed E-state index contributed by atoms with van der Waals surface area (Å²) >= 11 is 5.81. The molecule has 23 heavy (non-hydrogen) atoms. The van der Waals surface area contributed by atoms with Crippen LogP contribution in [0.4, 0.5) is 0 Å². The van der Waals surface area contributed by atoms with Crippen LogP contribution in [0.15, 0.2) is 34.3 Å². The second-order valence-corrected chi connectivity index (χ2v) is 5.65. The molecule has 0 atom stereocenters. The predicted octanol–water partition coefficient (Wildman–Crippen LogP) is 2.30. The van der Waals surface area contributed by atoms with Gasteiger partial charge in [0, 0.05) is 11.4 Å². The highest BCUT2D eigenvalue weighted by molar-refractivity contribution is 8.93. The summed E-state index contributed by atoms with van der Waals surface area (Å²) in [5, 5.41) is 2.13. The smallest absolute Gasteiger partial charge is 0.226 e. The van der Waals surface area contributed by atoms with E-state index in [0.717, 1.165) is 5.75 Å². The minimum Gasteiger partial charge on any atom is -0.494 e. The number of halogens is 2. The van der Waals surface area contributed by atoms with Crippen LogP contribution in [0, 0.1) is 0 Å². The molecular weight excluding hydrogens is 386 g/mol. The zero-order valence-corrected chi connectivity index (χ0v) is 15.5. The van der Waals surface area contributed by atoms with Crippen LogP contribution in [0.1, 0.15) is 20.3 Å². The number of hydroxylamine groups is 2. The number of nitrogens with zero attached hydrogens (tertiary/aromatic N) is 3. The lowest BCUT2D eigenvalue weighted by atomic mass is 10.2. The van der Waals surface area contributed by atoms with Crippen molar-refractivity contribution in [2.45, 2.75) is 25.9 Å². The van der Waals surface area contributed by atoms with Crippen molar-refractivity contribution in [3.05, 3.63) is 29.3 Å². The molecule has 9 heteroatoms. The first kappa shape index (κ1) is 19.5. The Hall–Kier alpha value is -1.51. The first-order valence-electron chi connectivity index (χ1n) is 6.89. The Morgan fingerprint density at radius 2 is 1.83 bits per heavy atom. The number of hydrogen-bond donors (Lipinski definition) is 2. The van der Waals surface area contributed by atoms with Gasteiger partial charge < -0.3 is 16.2 Å². The van der Waals surface area contributed by atoms with Crippen molar-refractivity contribution in [3.8, 4) is 5.75 Å². The molecule has 1 aliphatic heterocycles. The third kappa shape index (κ3) is 5.56. The zero-order chi connectivity index (χ0) is 16.2. The molecule has 1 heterocycles. The first-order chi connectivity index (χ1) is 10.4. The van der Waals surface area contributed by atoms with Crippen molar-refractivity contribution in [1.29, 1.82) is 0 Å². The van der Waals surface area contributed by atoms with Crippen LogP contribution >= 0.6 is 28.6 Å². The molecule has 2 rings (SSSR count). The molecule has 1 aromatic rings. The van der Waals surface area contributed by atoms with Gasteiger partial charge in [0.15, 0.2) is 5.66 Å². The minimum atomic E-state index is -0.688. The summed E-state index contributed by atoms with van der Waals surface area (Å²) in [4.78, 5) is 13.7. The second-order valence-electron chi connectivity index (χ2n) is 5.22. The van der Waals surface area contributed by atoms with Crippen LogP contribution < -0.4 is 16.2 Å². The van der Waals surface area contributed by atoms with Gasteiger partial charge in [0.25, 0.3) is 0 Å². The van der Waals surface area contributed by atoms with Crippen molar-refractivity contribution in [2.24, 2.45) is 21.5 Å². The number of aliphatic imine (C=N–C) groups is 2. The maximum Gasteiger partial charge on any atom is 0.226 e. The van der Waals surface area contributed by atoms with E-state index in [4.69, 9.17) is 32.6 Å². The summed E-state index contributed by atoms with van der Waals surface area (Å²) in [6, 6.07) is 7.20. The van der Waals surface area contributed by atoms with Gasteiger partial charge in [0.1, 0.15) is 5.75 Å². The summed E-state index contributed by atoms with van der Waals surface area (Å²) in [6.45, 7) is 4.61. The largest absolute Gasteiger partial charge is 0.494 e. The van der Waals surface area contributed by atoms with Crippen LogP contribution in [0.25, 0.3) is 0 Å². The van der Waals surface area contributed by atoms with Crippen LogP contribution in [-0.2, 0) is 4.84 Å². The number of guanidine groups is 2. The molecule has 0 spiro atoms. The van der Waals surface area contributed by atoms with E-state index in [1.807, 2.05) is 26.0 Å². The second kappa shape index (κ2) is 8.37. The number of nitrogens with two attached hydrogens (primary N) is 2. The van der Waals surface area contributed by atoms with Gasteiger partial charge >= 0.3 is 0 Å². The molecule has 7 nitrogen and oxygen atoms in total. The highest BCUT2D eigenvalue weighted by Crippen LogP contribution is 2.20. The van der Waals surface area contributed by atoms with Crippen LogP contribution in [-0.4, -0.2) is 35.9 Å². The lowest BCUT2D eigenvalue weighted by Gasteiger charge is -2.36. The van der Waals surface area contributed by atoms with E-state index >= 15 is 0 Å². The average molecular weight is 407 g/mol. The first-order valence-corrected chi connectivity index (χ1v) is 7.27. The maximum absolute atomic E-state index is 5.81. The number of hydrogen-bond acceptors (Lipinski definition) is 7. The third-order valence-electron chi connectivity index (χ3n) is 2.91. The van der Waals surface area contributed by atoms with E-state index in [0.29, 0.717) is 24.7 Å².